The number of ether oxygens (including phenoxy) is 3. The zero-order valence-corrected chi connectivity index (χ0v) is 25.3. The molecule has 4 aromatic rings. The molecule has 1 aliphatic rings. The van der Waals surface area contributed by atoms with Gasteiger partial charge in [0, 0.05) is 18.2 Å². The maximum atomic E-state index is 13.0. The van der Waals surface area contributed by atoms with Crippen LogP contribution in [0.3, 0.4) is 0 Å². The number of hydrogen-bond donors (Lipinski definition) is 1. The van der Waals surface area contributed by atoms with E-state index >= 15 is 0 Å². The van der Waals surface area contributed by atoms with Crippen LogP contribution in [0, 0.1) is 0 Å². The predicted octanol–water partition coefficient (Wildman–Crippen LogP) is 5.76. The number of nitrogens with zero attached hydrogens (tertiary/aromatic N) is 3. The number of nitrogens with one attached hydrogen (secondary N) is 1. The van der Waals surface area contributed by atoms with Gasteiger partial charge < -0.3 is 24.1 Å². The van der Waals surface area contributed by atoms with Crippen molar-refractivity contribution in [3.8, 4) is 28.6 Å². The maximum absolute atomic E-state index is 13.0. The van der Waals surface area contributed by atoms with E-state index in [1.807, 2.05) is 51.1 Å². The molecule has 0 bridgehead atoms. The Balaban J connectivity index is 1.39. The summed E-state index contributed by atoms with van der Waals surface area (Å²) in [4.78, 5) is 13.0. The highest BCUT2D eigenvalue weighted by molar-refractivity contribution is 7.99. The van der Waals surface area contributed by atoms with Crippen molar-refractivity contribution >= 4 is 17.7 Å². The second kappa shape index (κ2) is 14.3. The van der Waals surface area contributed by atoms with Gasteiger partial charge in [-0.1, -0.05) is 66.4 Å². The van der Waals surface area contributed by atoms with Gasteiger partial charge in [0.1, 0.15) is 0 Å². The van der Waals surface area contributed by atoms with Crippen molar-refractivity contribution in [3.05, 3.63) is 83.4 Å². The Labute approximate surface area is 251 Å². The van der Waals surface area contributed by atoms with Crippen LogP contribution in [0.2, 0.25) is 0 Å². The summed E-state index contributed by atoms with van der Waals surface area (Å²) in [5.41, 5.74) is 4.65. The molecule has 42 heavy (non-hydrogen) atoms. The molecule has 220 valence electrons. The average Bonchev–Trinajstić information content (AvgIpc) is 3.60. The fourth-order valence-corrected chi connectivity index (χ4v) is 6.05. The Kier molecular flexibility index (Phi) is 10.0. The van der Waals surface area contributed by atoms with E-state index in [1.165, 1.54) is 28.5 Å². The first-order chi connectivity index (χ1) is 20.6. The Hall–Kier alpha value is -3.98. The summed E-state index contributed by atoms with van der Waals surface area (Å²) in [5.74, 6) is 2.72. The van der Waals surface area contributed by atoms with E-state index in [1.54, 1.807) is 0 Å². The number of hydrogen-bond acceptors (Lipinski definition) is 7. The number of thioether (sulfide) groups is 1. The minimum Gasteiger partial charge on any atom is -0.490 e. The summed E-state index contributed by atoms with van der Waals surface area (Å²) in [6.07, 6.45) is 2.53. The molecule has 8 nitrogen and oxygen atoms in total. The van der Waals surface area contributed by atoms with Gasteiger partial charge in [-0.15, -0.1) is 10.2 Å². The molecule has 0 aliphatic heterocycles. The van der Waals surface area contributed by atoms with Crippen LogP contribution in [0.4, 0.5) is 0 Å². The average molecular weight is 587 g/mol. The molecule has 5 rings (SSSR count). The summed E-state index contributed by atoms with van der Waals surface area (Å²) in [6, 6.07) is 22.7. The van der Waals surface area contributed by atoms with E-state index in [-0.39, 0.29) is 17.7 Å². The van der Waals surface area contributed by atoms with Crippen LogP contribution in [-0.4, -0.2) is 52.3 Å². The summed E-state index contributed by atoms with van der Waals surface area (Å²) in [6.45, 7) is 7.92. The molecule has 1 heterocycles. The smallest absolute Gasteiger partial charge is 0.230 e. The molecule has 1 amide bonds. The van der Waals surface area contributed by atoms with E-state index in [9.17, 15) is 4.79 Å². The van der Waals surface area contributed by atoms with Crippen LogP contribution in [0.5, 0.6) is 17.2 Å². The third kappa shape index (κ3) is 7.07. The van der Waals surface area contributed by atoms with E-state index in [4.69, 9.17) is 14.2 Å². The van der Waals surface area contributed by atoms with E-state index in [0.29, 0.717) is 54.6 Å². The molecule has 1 N–H and O–H groups in total. The van der Waals surface area contributed by atoms with Gasteiger partial charge in [0.25, 0.3) is 0 Å². The molecule has 0 saturated carbocycles. The van der Waals surface area contributed by atoms with Crippen molar-refractivity contribution < 1.29 is 19.0 Å². The number of benzene rings is 3. The lowest BCUT2D eigenvalue weighted by atomic mass is 10.1. The van der Waals surface area contributed by atoms with Gasteiger partial charge >= 0.3 is 0 Å². The largest absolute Gasteiger partial charge is 0.490 e. The third-order valence-corrected chi connectivity index (χ3v) is 8.07. The van der Waals surface area contributed by atoms with Crippen LogP contribution in [0.25, 0.3) is 11.4 Å². The molecule has 0 spiro atoms. The van der Waals surface area contributed by atoms with Crippen LogP contribution >= 0.6 is 11.8 Å². The number of fused-ring (bicyclic) bond motifs is 1. The van der Waals surface area contributed by atoms with Gasteiger partial charge in [-0.25, -0.2) is 0 Å². The number of rotatable bonds is 14. The number of carbonyl (C=O) groups excluding carboxylic acids is 1. The predicted molar refractivity (Wildman–Crippen MR) is 166 cm³/mol. The van der Waals surface area contributed by atoms with Crippen molar-refractivity contribution in [2.45, 2.75) is 57.8 Å². The zero-order valence-electron chi connectivity index (χ0n) is 24.5. The van der Waals surface area contributed by atoms with Crippen molar-refractivity contribution in [3.63, 3.8) is 0 Å². The van der Waals surface area contributed by atoms with Gasteiger partial charge in [0.05, 0.1) is 25.6 Å². The van der Waals surface area contributed by atoms with Gasteiger partial charge in [-0.2, -0.15) is 0 Å². The Morgan fingerprint density at radius 1 is 0.881 bits per heavy atom. The normalized spacial score (nSPS) is 12.6. The maximum Gasteiger partial charge on any atom is 0.230 e. The number of aromatic nitrogens is 3. The van der Waals surface area contributed by atoms with Crippen molar-refractivity contribution in [1.29, 1.82) is 0 Å². The lowest BCUT2D eigenvalue weighted by Gasteiger charge is -2.17. The molecule has 0 unspecified atom stereocenters. The number of carbonyl (C=O) groups is 1. The number of aryl methyl sites for hydroxylation is 1. The molecule has 1 aliphatic carbocycles. The SMILES string of the molecule is CCOc1cc(-c2nnc(SCC(=O)NC3Cc4ccccc4C3)n2CCc2ccccc2)cc(OCC)c1OCC. The lowest BCUT2D eigenvalue weighted by molar-refractivity contribution is -0.119. The molecule has 0 radical (unpaired) electrons. The minimum absolute atomic E-state index is 0.00435. The Morgan fingerprint density at radius 2 is 1.50 bits per heavy atom. The second-order valence-corrected chi connectivity index (χ2v) is 11.0. The first-order valence-corrected chi connectivity index (χ1v) is 15.6. The molecular formula is C33H38N4O4S. The van der Waals surface area contributed by atoms with E-state index < -0.39 is 0 Å². The molecular weight excluding hydrogens is 548 g/mol. The molecule has 0 fully saturated rings. The molecule has 1 aromatic heterocycles. The monoisotopic (exact) mass is 586 g/mol. The summed E-state index contributed by atoms with van der Waals surface area (Å²) in [5, 5.41) is 13.0. The zero-order chi connectivity index (χ0) is 29.3. The fourth-order valence-electron chi connectivity index (χ4n) is 5.27. The molecule has 3 aromatic carbocycles. The van der Waals surface area contributed by atoms with Crippen LogP contribution in [0.1, 0.15) is 37.5 Å². The standard InChI is InChI=1S/C33H38N4O4S/c1-4-39-28-20-26(21-29(40-5-2)31(28)41-6-3)32-35-36-33(37(32)17-16-23-12-8-7-9-13-23)42-22-30(38)34-27-18-24-14-10-11-15-25(24)19-27/h7-15,20-21,27H,4-6,16-19,22H2,1-3H3,(H,34,38). The lowest BCUT2D eigenvalue weighted by Crippen LogP contribution is -2.36. The fraction of sp³-hybridized carbons (Fsp3) is 0.364. The quantitative estimate of drug-likeness (QED) is 0.188. The van der Waals surface area contributed by atoms with Crippen LogP contribution in [-0.2, 0) is 30.6 Å². The van der Waals surface area contributed by atoms with E-state index in [2.05, 4.69) is 56.5 Å². The summed E-state index contributed by atoms with van der Waals surface area (Å²) < 4.78 is 19.9. The van der Waals surface area contributed by atoms with Gasteiger partial charge in [0.2, 0.25) is 11.7 Å². The van der Waals surface area contributed by atoms with Crippen LogP contribution in [0.15, 0.2) is 71.9 Å². The summed E-state index contributed by atoms with van der Waals surface area (Å²) >= 11 is 1.40. The topological polar surface area (TPSA) is 87.5 Å². The highest BCUT2D eigenvalue weighted by atomic mass is 32.2. The van der Waals surface area contributed by atoms with E-state index in [0.717, 1.165) is 24.8 Å². The first kappa shape index (κ1) is 29.5. The highest BCUT2D eigenvalue weighted by Crippen LogP contribution is 2.42. The highest BCUT2D eigenvalue weighted by Gasteiger charge is 2.24. The Bertz CT molecular complexity index is 1440. The molecule has 0 atom stereocenters. The van der Waals surface area contributed by atoms with Gasteiger partial charge in [-0.3, -0.25) is 4.79 Å². The van der Waals surface area contributed by atoms with Gasteiger partial charge in [0.15, 0.2) is 22.5 Å². The molecule has 9 heteroatoms. The Morgan fingerprint density at radius 3 is 2.12 bits per heavy atom. The second-order valence-electron chi connectivity index (χ2n) is 10.0. The van der Waals surface area contributed by atoms with Crippen molar-refractivity contribution in [2.24, 2.45) is 0 Å². The van der Waals surface area contributed by atoms with Crippen LogP contribution < -0.4 is 19.5 Å². The van der Waals surface area contributed by atoms with Crippen molar-refractivity contribution in [2.75, 3.05) is 25.6 Å². The molecule has 0 saturated heterocycles. The summed E-state index contributed by atoms with van der Waals surface area (Å²) in [7, 11) is 0. The first-order valence-electron chi connectivity index (χ1n) is 14.6. The van der Waals surface area contributed by atoms with Crippen molar-refractivity contribution in [1.82, 2.24) is 20.1 Å². The minimum atomic E-state index is -0.00435. The van der Waals surface area contributed by atoms with Gasteiger partial charge in [-0.05, 0) is 68.9 Å². The number of amides is 1. The third-order valence-electron chi connectivity index (χ3n) is 7.10.